The van der Waals surface area contributed by atoms with Gasteiger partial charge in [-0.25, -0.2) is 0 Å². The van der Waals surface area contributed by atoms with Crippen molar-refractivity contribution in [2.24, 2.45) is 0 Å². The van der Waals surface area contributed by atoms with Crippen LogP contribution in [0.15, 0.2) is 18.2 Å². The summed E-state index contributed by atoms with van der Waals surface area (Å²) in [5.74, 6) is 0.928. The monoisotopic (exact) mass is 224 g/mol. The number of ketones is 1. The van der Waals surface area contributed by atoms with Gasteiger partial charge < -0.3 is 4.74 Å². The van der Waals surface area contributed by atoms with E-state index < -0.39 is 0 Å². The van der Waals surface area contributed by atoms with Crippen molar-refractivity contribution in [3.63, 3.8) is 0 Å². The van der Waals surface area contributed by atoms with E-state index in [0.29, 0.717) is 0 Å². The van der Waals surface area contributed by atoms with E-state index in [1.54, 1.807) is 13.0 Å². The Morgan fingerprint density at radius 2 is 2.20 bits per heavy atom. The normalized spacial score (nSPS) is 10.1. The zero-order chi connectivity index (χ0) is 11.3. The third-order valence-electron chi connectivity index (χ3n) is 2.17. The van der Waals surface area contributed by atoms with Gasteiger partial charge in [-0.05, 0) is 31.5 Å². The van der Waals surface area contributed by atoms with Crippen LogP contribution >= 0.6 is 9.24 Å². The van der Waals surface area contributed by atoms with Crippen molar-refractivity contribution in [3.8, 4) is 5.75 Å². The summed E-state index contributed by atoms with van der Waals surface area (Å²) < 4.78 is 5.58. The fourth-order valence-electron chi connectivity index (χ4n) is 1.23. The smallest absolute Gasteiger partial charge is 0.159 e. The summed E-state index contributed by atoms with van der Waals surface area (Å²) in [6, 6.07) is 5.50. The number of hydrogen-bond acceptors (Lipinski definition) is 2. The van der Waals surface area contributed by atoms with Gasteiger partial charge in [0.25, 0.3) is 0 Å². The Bertz CT molecular complexity index is 347. The highest BCUT2D eigenvalue weighted by Crippen LogP contribution is 2.13. The molecule has 1 aromatic rings. The van der Waals surface area contributed by atoms with Crippen LogP contribution in [0.3, 0.4) is 0 Å². The molecule has 3 heteroatoms. The van der Waals surface area contributed by atoms with Gasteiger partial charge in [0.15, 0.2) is 5.78 Å². The first-order valence-electron chi connectivity index (χ1n) is 5.18. The average molecular weight is 224 g/mol. The quantitative estimate of drug-likeness (QED) is 0.436. The Kier molecular flexibility index (Phi) is 4.77. The first-order chi connectivity index (χ1) is 7.15. The highest BCUT2D eigenvalue weighted by Gasteiger charge is 2.03. The van der Waals surface area contributed by atoms with E-state index in [1.165, 1.54) is 0 Å². The van der Waals surface area contributed by atoms with Gasteiger partial charge in [-0.15, -0.1) is 9.24 Å². The highest BCUT2D eigenvalue weighted by molar-refractivity contribution is 7.27. The van der Waals surface area contributed by atoms with Crippen molar-refractivity contribution < 1.29 is 9.53 Å². The Morgan fingerprint density at radius 1 is 1.47 bits per heavy atom. The number of benzene rings is 1. The second kappa shape index (κ2) is 5.87. The zero-order valence-corrected chi connectivity index (χ0v) is 10.4. The van der Waals surface area contributed by atoms with Crippen LogP contribution in [0.4, 0.5) is 0 Å². The lowest BCUT2D eigenvalue weighted by molar-refractivity contribution is 0.101. The van der Waals surface area contributed by atoms with Crippen molar-refractivity contribution >= 4 is 20.3 Å². The molecular formula is C12H17O2P. The second-order valence-corrected chi connectivity index (χ2v) is 4.13. The van der Waals surface area contributed by atoms with Crippen molar-refractivity contribution in [2.75, 3.05) is 6.61 Å². The van der Waals surface area contributed by atoms with E-state index in [0.717, 1.165) is 36.1 Å². The topological polar surface area (TPSA) is 26.3 Å². The first-order valence-corrected chi connectivity index (χ1v) is 5.76. The van der Waals surface area contributed by atoms with Crippen molar-refractivity contribution in [3.05, 3.63) is 23.8 Å². The molecule has 0 saturated heterocycles. The van der Waals surface area contributed by atoms with E-state index in [-0.39, 0.29) is 5.78 Å². The molecule has 0 heterocycles. The van der Waals surface area contributed by atoms with Crippen LogP contribution in [-0.4, -0.2) is 12.4 Å². The molecule has 0 radical (unpaired) electrons. The number of hydrogen-bond donors (Lipinski definition) is 0. The lowest BCUT2D eigenvalue weighted by Crippen LogP contribution is -2.06. The third-order valence-corrected chi connectivity index (χ3v) is 2.62. The second-order valence-electron chi connectivity index (χ2n) is 3.51. The van der Waals surface area contributed by atoms with Gasteiger partial charge in [0, 0.05) is 10.9 Å². The maximum Gasteiger partial charge on any atom is 0.159 e. The average Bonchev–Trinajstić information content (AvgIpc) is 2.20. The summed E-state index contributed by atoms with van der Waals surface area (Å²) in [6.07, 6.45) is 2.18. The van der Waals surface area contributed by atoms with Gasteiger partial charge in [-0.1, -0.05) is 13.3 Å². The third kappa shape index (κ3) is 3.64. The van der Waals surface area contributed by atoms with E-state index in [1.807, 2.05) is 12.1 Å². The van der Waals surface area contributed by atoms with Gasteiger partial charge in [0.05, 0.1) is 6.61 Å². The predicted octanol–water partition coefficient (Wildman–Crippen LogP) is 2.57. The minimum Gasteiger partial charge on any atom is -0.493 e. The van der Waals surface area contributed by atoms with Crippen LogP contribution in [0.2, 0.25) is 0 Å². The number of Topliss-reactive ketones (excluding diaryl/α,β-unsaturated/α-hetero) is 1. The molecule has 0 bridgehead atoms. The molecule has 82 valence electrons. The molecular weight excluding hydrogens is 207 g/mol. The molecule has 1 rings (SSSR count). The molecule has 0 spiro atoms. The van der Waals surface area contributed by atoms with Crippen LogP contribution in [0.25, 0.3) is 0 Å². The van der Waals surface area contributed by atoms with Crippen molar-refractivity contribution in [1.82, 2.24) is 0 Å². The van der Waals surface area contributed by atoms with E-state index in [4.69, 9.17) is 4.74 Å². The molecule has 1 atom stereocenters. The van der Waals surface area contributed by atoms with E-state index in [9.17, 15) is 4.79 Å². The zero-order valence-electron chi connectivity index (χ0n) is 9.25. The Morgan fingerprint density at radius 3 is 2.73 bits per heavy atom. The molecule has 0 aliphatic heterocycles. The molecule has 0 aliphatic rings. The Labute approximate surface area is 93.2 Å². The van der Waals surface area contributed by atoms with Gasteiger partial charge in [-0.3, -0.25) is 4.79 Å². The molecule has 1 unspecified atom stereocenters. The number of carbonyl (C=O) groups is 1. The standard InChI is InChI=1S/C12H17O2P/c1-3-4-7-14-11-6-5-10(9(2)13)8-12(11)15/h5-6,8H,3-4,7,15H2,1-2H3. The molecule has 0 saturated carbocycles. The largest absolute Gasteiger partial charge is 0.493 e. The van der Waals surface area contributed by atoms with Gasteiger partial charge in [0.2, 0.25) is 0 Å². The summed E-state index contributed by atoms with van der Waals surface area (Å²) in [5, 5.41) is 0.943. The van der Waals surface area contributed by atoms with E-state index in [2.05, 4.69) is 16.2 Å². The molecule has 0 aliphatic carbocycles. The van der Waals surface area contributed by atoms with Crippen molar-refractivity contribution in [2.45, 2.75) is 26.7 Å². The summed E-state index contributed by atoms with van der Waals surface area (Å²) in [4.78, 5) is 11.1. The molecule has 0 aromatic heterocycles. The van der Waals surface area contributed by atoms with Crippen LogP contribution < -0.4 is 10.0 Å². The molecule has 2 nitrogen and oxygen atoms in total. The number of unbranched alkanes of at least 4 members (excludes halogenated alkanes) is 1. The number of carbonyl (C=O) groups excluding carboxylic acids is 1. The summed E-state index contributed by atoms with van der Waals surface area (Å²) in [5.41, 5.74) is 0.725. The number of rotatable bonds is 5. The minimum absolute atomic E-state index is 0.0822. The van der Waals surface area contributed by atoms with Crippen LogP contribution in [0, 0.1) is 0 Å². The van der Waals surface area contributed by atoms with Gasteiger partial charge in [-0.2, -0.15) is 0 Å². The lowest BCUT2D eigenvalue weighted by Gasteiger charge is -2.09. The SMILES string of the molecule is CCCCOc1ccc(C(C)=O)cc1P. The van der Waals surface area contributed by atoms with E-state index >= 15 is 0 Å². The van der Waals surface area contributed by atoms with Gasteiger partial charge in [0.1, 0.15) is 5.75 Å². The summed E-state index contributed by atoms with van der Waals surface area (Å²) in [6.45, 7) is 4.43. The van der Waals surface area contributed by atoms with Crippen molar-refractivity contribution in [1.29, 1.82) is 0 Å². The van der Waals surface area contributed by atoms with Crippen LogP contribution in [0.5, 0.6) is 5.75 Å². The molecule has 0 N–H and O–H groups in total. The first kappa shape index (κ1) is 12.2. The van der Waals surface area contributed by atoms with Crippen LogP contribution in [0.1, 0.15) is 37.0 Å². The maximum atomic E-state index is 11.1. The van der Waals surface area contributed by atoms with Crippen LogP contribution in [-0.2, 0) is 0 Å². The molecule has 0 amide bonds. The fraction of sp³-hybridized carbons (Fsp3) is 0.417. The Hall–Kier alpha value is -0.880. The molecule has 1 aromatic carbocycles. The fourth-order valence-corrected chi connectivity index (χ4v) is 1.58. The highest BCUT2D eigenvalue weighted by atomic mass is 31.0. The maximum absolute atomic E-state index is 11.1. The minimum atomic E-state index is 0.0822. The summed E-state index contributed by atoms with van der Waals surface area (Å²) in [7, 11) is 2.60. The molecule has 15 heavy (non-hydrogen) atoms. The summed E-state index contributed by atoms with van der Waals surface area (Å²) >= 11 is 0. The predicted molar refractivity (Wildman–Crippen MR) is 66.2 cm³/mol. The van der Waals surface area contributed by atoms with Gasteiger partial charge >= 0.3 is 0 Å². The molecule has 0 fully saturated rings. The number of ether oxygens (including phenoxy) is 1. The lowest BCUT2D eigenvalue weighted by atomic mass is 10.1. The Balaban J connectivity index is 2.70.